The van der Waals surface area contributed by atoms with Gasteiger partial charge >= 0.3 is 5.97 Å². The second kappa shape index (κ2) is 2.83. The maximum atomic E-state index is 11.5. The third kappa shape index (κ3) is 0.934. The van der Waals surface area contributed by atoms with Gasteiger partial charge in [-0.2, -0.15) is 0 Å². The number of esters is 1. The predicted molar refractivity (Wildman–Crippen MR) is 51.5 cm³/mol. The zero-order valence-electron chi connectivity index (χ0n) is 8.27. The van der Waals surface area contributed by atoms with Crippen molar-refractivity contribution in [3.8, 4) is 0 Å². The topological polar surface area (TPSA) is 38.3 Å². The van der Waals surface area contributed by atoms with Crippen molar-refractivity contribution in [3.05, 3.63) is 12.2 Å². The summed E-state index contributed by atoms with van der Waals surface area (Å²) >= 11 is 0. The summed E-state index contributed by atoms with van der Waals surface area (Å²) in [6.45, 7) is 0.982. The monoisotopic (exact) mass is 193 g/mol. The van der Waals surface area contributed by atoms with E-state index in [-0.39, 0.29) is 12.0 Å². The third-order valence-electron chi connectivity index (χ3n) is 4.10. The fourth-order valence-corrected chi connectivity index (χ4v) is 3.51. The maximum Gasteiger partial charge on any atom is 0.323 e. The zero-order chi connectivity index (χ0) is 9.71. The zero-order valence-corrected chi connectivity index (χ0v) is 8.27. The van der Waals surface area contributed by atoms with Gasteiger partial charge in [0.25, 0.3) is 0 Å². The van der Waals surface area contributed by atoms with E-state index in [2.05, 4.69) is 17.5 Å². The molecule has 0 amide bonds. The van der Waals surface area contributed by atoms with Crippen LogP contribution in [0.4, 0.5) is 0 Å². The Bertz CT molecular complexity index is 300. The first-order valence-electron chi connectivity index (χ1n) is 5.31. The van der Waals surface area contributed by atoms with E-state index in [9.17, 15) is 4.79 Å². The highest BCUT2D eigenvalue weighted by Crippen LogP contribution is 2.51. The second-order valence-corrected chi connectivity index (χ2v) is 4.60. The van der Waals surface area contributed by atoms with Crippen LogP contribution in [0.25, 0.3) is 0 Å². The molecule has 2 bridgehead atoms. The van der Waals surface area contributed by atoms with Crippen molar-refractivity contribution >= 4 is 5.97 Å². The number of carbonyl (C=O) groups is 1. The summed E-state index contributed by atoms with van der Waals surface area (Å²) < 4.78 is 4.82. The molecule has 0 aromatic rings. The summed E-state index contributed by atoms with van der Waals surface area (Å²) in [6, 6.07) is -0.0510. The van der Waals surface area contributed by atoms with E-state index < -0.39 is 0 Å². The van der Waals surface area contributed by atoms with Crippen LogP contribution >= 0.6 is 0 Å². The van der Waals surface area contributed by atoms with Crippen LogP contribution in [0.3, 0.4) is 0 Å². The number of rotatable bonds is 1. The van der Waals surface area contributed by atoms with Gasteiger partial charge in [0.1, 0.15) is 6.04 Å². The minimum absolute atomic E-state index is 0.0510. The van der Waals surface area contributed by atoms with Gasteiger partial charge in [0.05, 0.1) is 7.11 Å². The first-order chi connectivity index (χ1) is 6.81. The molecule has 14 heavy (non-hydrogen) atoms. The lowest BCUT2D eigenvalue weighted by molar-refractivity contribution is -0.144. The van der Waals surface area contributed by atoms with Crippen molar-refractivity contribution in [2.75, 3.05) is 13.7 Å². The molecule has 76 valence electrons. The van der Waals surface area contributed by atoms with E-state index in [0.717, 1.165) is 6.54 Å². The number of methoxy groups -OCH3 is 1. The van der Waals surface area contributed by atoms with E-state index in [0.29, 0.717) is 23.7 Å². The molecule has 0 aromatic carbocycles. The third-order valence-corrected chi connectivity index (χ3v) is 4.10. The van der Waals surface area contributed by atoms with Gasteiger partial charge in [-0.25, -0.2) is 0 Å². The number of allylic oxidation sites excluding steroid dienone is 2. The minimum atomic E-state index is -0.0848. The van der Waals surface area contributed by atoms with E-state index >= 15 is 0 Å². The van der Waals surface area contributed by atoms with Crippen LogP contribution in [0.1, 0.15) is 6.42 Å². The van der Waals surface area contributed by atoms with Crippen LogP contribution in [-0.4, -0.2) is 25.7 Å². The van der Waals surface area contributed by atoms with Crippen molar-refractivity contribution in [2.45, 2.75) is 12.5 Å². The smallest absolute Gasteiger partial charge is 0.323 e. The van der Waals surface area contributed by atoms with Crippen molar-refractivity contribution in [3.63, 3.8) is 0 Å². The summed E-state index contributed by atoms with van der Waals surface area (Å²) in [7, 11) is 1.47. The van der Waals surface area contributed by atoms with Crippen LogP contribution in [0.2, 0.25) is 0 Å². The molecule has 5 unspecified atom stereocenters. The molecule has 1 saturated carbocycles. The van der Waals surface area contributed by atoms with E-state index in [1.54, 1.807) is 0 Å². The van der Waals surface area contributed by atoms with Crippen molar-refractivity contribution in [1.82, 2.24) is 5.32 Å². The predicted octanol–water partition coefficient (Wildman–Crippen LogP) is 0.569. The molecule has 2 fully saturated rings. The molecular weight excluding hydrogens is 178 g/mol. The van der Waals surface area contributed by atoms with E-state index in [4.69, 9.17) is 4.74 Å². The normalized spacial score (nSPS) is 48.2. The average Bonchev–Trinajstić information content (AvgIpc) is 2.87. The molecule has 0 aromatic heterocycles. The van der Waals surface area contributed by atoms with Crippen LogP contribution in [-0.2, 0) is 9.53 Å². The summed E-state index contributed by atoms with van der Waals surface area (Å²) in [6.07, 6.45) is 5.87. The Labute approximate surface area is 83.5 Å². The van der Waals surface area contributed by atoms with Gasteiger partial charge in [-0.05, 0) is 36.6 Å². The second-order valence-electron chi connectivity index (χ2n) is 4.60. The van der Waals surface area contributed by atoms with Gasteiger partial charge in [-0.15, -0.1) is 0 Å². The largest absolute Gasteiger partial charge is 0.468 e. The molecular formula is C11H15NO2. The molecule has 3 nitrogen and oxygen atoms in total. The number of nitrogens with one attached hydrogen (secondary N) is 1. The molecule has 5 atom stereocenters. The molecule has 3 aliphatic rings. The van der Waals surface area contributed by atoms with Crippen molar-refractivity contribution in [2.24, 2.45) is 23.7 Å². The lowest BCUT2D eigenvalue weighted by atomic mass is 9.82. The van der Waals surface area contributed by atoms with Crippen molar-refractivity contribution < 1.29 is 9.53 Å². The van der Waals surface area contributed by atoms with Crippen LogP contribution in [0.5, 0.6) is 0 Å². The molecule has 3 heteroatoms. The van der Waals surface area contributed by atoms with Gasteiger partial charge in [-0.1, -0.05) is 12.2 Å². The lowest BCUT2D eigenvalue weighted by Gasteiger charge is -2.23. The molecule has 1 heterocycles. The van der Waals surface area contributed by atoms with Gasteiger partial charge in [0.2, 0.25) is 0 Å². The Hall–Kier alpha value is -0.830. The number of fused-ring (bicyclic) bond motifs is 5. The van der Waals surface area contributed by atoms with Crippen LogP contribution in [0.15, 0.2) is 12.2 Å². The SMILES string of the molecule is COC(=O)C1NCC2C3C=CC(C3)C12. The average molecular weight is 193 g/mol. The summed E-state index contributed by atoms with van der Waals surface area (Å²) in [4.78, 5) is 11.5. The number of ether oxygens (including phenoxy) is 1. The summed E-state index contributed by atoms with van der Waals surface area (Å²) in [5.41, 5.74) is 0. The highest BCUT2D eigenvalue weighted by Gasteiger charge is 2.53. The fraction of sp³-hybridized carbons (Fsp3) is 0.727. The Balaban J connectivity index is 1.85. The van der Waals surface area contributed by atoms with Gasteiger partial charge in [0, 0.05) is 0 Å². The molecule has 0 spiro atoms. The van der Waals surface area contributed by atoms with Gasteiger partial charge < -0.3 is 10.1 Å². The Morgan fingerprint density at radius 3 is 3.00 bits per heavy atom. The maximum absolute atomic E-state index is 11.5. The number of hydrogen-bond acceptors (Lipinski definition) is 3. The molecule has 1 saturated heterocycles. The van der Waals surface area contributed by atoms with E-state index in [1.807, 2.05) is 0 Å². The first-order valence-corrected chi connectivity index (χ1v) is 5.31. The Morgan fingerprint density at radius 2 is 2.21 bits per heavy atom. The highest BCUT2D eigenvalue weighted by molar-refractivity contribution is 5.77. The standard InChI is InChI=1S/C11H15NO2/c1-14-11(13)10-9-7-3-2-6(4-7)8(9)5-12-10/h2-3,6-10,12H,4-5H2,1H3. The highest BCUT2D eigenvalue weighted by atomic mass is 16.5. The van der Waals surface area contributed by atoms with Gasteiger partial charge in [0.15, 0.2) is 0 Å². The summed E-state index contributed by atoms with van der Waals surface area (Å²) in [5.74, 6) is 2.42. The summed E-state index contributed by atoms with van der Waals surface area (Å²) in [5, 5.41) is 3.30. The molecule has 2 aliphatic carbocycles. The van der Waals surface area contributed by atoms with Crippen LogP contribution < -0.4 is 5.32 Å². The van der Waals surface area contributed by atoms with Crippen LogP contribution in [0, 0.1) is 23.7 Å². The lowest BCUT2D eigenvalue weighted by Crippen LogP contribution is -2.38. The molecule has 1 aliphatic heterocycles. The molecule has 0 radical (unpaired) electrons. The van der Waals surface area contributed by atoms with Crippen molar-refractivity contribution in [1.29, 1.82) is 0 Å². The Kier molecular flexibility index (Phi) is 1.71. The fourth-order valence-electron chi connectivity index (χ4n) is 3.51. The molecule has 1 N–H and O–H groups in total. The first kappa shape index (κ1) is 8.48. The number of hydrogen-bond donors (Lipinski definition) is 1. The Morgan fingerprint density at radius 1 is 1.43 bits per heavy atom. The quantitative estimate of drug-likeness (QED) is 0.489. The molecule has 3 rings (SSSR count). The van der Waals surface area contributed by atoms with E-state index in [1.165, 1.54) is 13.5 Å². The van der Waals surface area contributed by atoms with Gasteiger partial charge in [-0.3, -0.25) is 4.79 Å². The minimum Gasteiger partial charge on any atom is -0.468 e. The number of carbonyl (C=O) groups excluding carboxylic acids is 1.